The zero-order valence-corrected chi connectivity index (χ0v) is 35.7. The fourth-order valence-corrected chi connectivity index (χ4v) is 5.76. The van der Waals surface area contributed by atoms with Gasteiger partial charge in [-0.2, -0.15) is 0 Å². The Hall–Kier alpha value is -6.81. The van der Waals surface area contributed by atoms with Crippen molar-refractivity contribution in [1.29, 1.82) is 0 Å². The molecule has 0 fully saturated rings. The zero-order chi connectivity index (χ0) is 47.0. The SMILES string of the molecule is CC(C)(C)CC(=O)NNC(=O)CCCC(=O)N(CCNC(=O)CCCC(=O)NCc1ccc(C(=O)NO)c(O)c1)CCNC(=O)CCCC(=O)NCc1ccc(C(=O)NO)c(O)c1. The van der Waals surface area contributed by atoms with Crippen molar-refractivity contribution in [2.45, 2.75) is 98.1 Å². The highest BCUT2D eigenvalue weighted by molar-refractivity contribution is 5.96. The third-order valence-corrected chi connectivity index (χ3v) is 9.00. The molecule has 63 heavy (non-hydrogen) atoms. The first-order valence-electron chi connectivity index (χ1n) is 20.3. The molecule has 2 rings (SSSR count). The Morgan fingerprint density at radius 3 is 1.30 bits per heavy atom. The van der Waals surface area contributed by atoms with Crippen LogP contribution in [0.4, 0.5) is 0 Å². The highest BCUT2D eigenvalue weighted by atomic mass is 16.5. The number of carbonyl (C=O) groups excluding carboxylic acids is 9. The lowest BCUT2D eigenvalue weighted by Gasteiger charge is -2.23. The zero-order valence-electron chi connectivity index (χ0n) is 35.7. The van der Waals surface area contributed by atoms with Crippen molar-refractivity contribution in [3.8, 4) is 11.5 Å². The lowest BCUT2D eigenvalue weighted by molar-refractivity contribution is -0.133. The van der Waals surface area contributed by atoms with E-state index in [-0.39, 0.29) is 167 Å². The summed E-state index contributed by atoms with van der Waals surface area (Å²) in [6.07, 6.45) is 0.704. The maximum Gasteiger partial charge on any atom is 0.278 e. The quantitative estimate of drug-likeness (QED) is 0.0476. The number of hydrogen-bond acceptors (Lipinski definition) is 13. The molecular weight excluding hydrogens is 827 g/mol. The van der Waals surface area contributed by atoms with Crippen LogP contribution in [0.25, 0.3) is 0 Å². The summed E-state index contributed by atoms with van der Waals surface area (Å²) in [5.74, 6) is -5.20. The van der Waals surface area contributed by atoms with E-state index in [9.17, 15) is 53.4 Å². The predicted molar refractivity (Wildman–Crippen MR) is 223 cm³/mol. The number of rotatable bonds is 25. The second kappa shape index (κ2) is 27.2. The highest BCUT2D eigenvalue weighted by Crippen LogP contribution is 2.20. The van der Waals surface area contributed by atoms with Crippen molar-refractivity contribution >= 4 is 53.2 Å². The lowest BCUT2D eigenvalue weighted by Crippen LogP contribution is -2.43. The smallest absolute Gasteiger partial charge is 0.278 e. The Morgan fingerprint density at radius 2 is 0.905 bits per heavy atom. The van der Waals surface area contributed by atoms with Crippen molar-refractivity contribution in [1.82, 2.24) is 48.0 Å². The second-order valence-electron chi connectivity index (χ2n) is 15.6. The molecule has 0 spiro atoms. The normalized spacial score (nSPS) is 10.7. The van der Waals surface area contributed by atoms with Crippen molar-refractivity contribution < 1.29 is 63.8 Å². The van der Waals surface area contributed by atoms with Gasteiger partial charge in [-0.3, -0.25) is 64.4 Å². The Kier molecular flexibility index (Phi) is 22.6. The number of amides is 9. The summed E-state index contributed by atoms with van der Waals surface area (Å²) in [4.78, 5) is 112. The summed E-state index contributed by atoms with van der Waals surface area (Å²) in [5.41, 5.74) is 7.94. The van der Waals surface area contributed by atoms with Gasteiger partial charge >= 0.3 is 0 Å². The molecule has 0 aromatic heterocycles. The van der Waals surface area contributed by atoms with Crippen molar-refractivity contribution in [2.75, 3.05) is 26.2 Å². The molecule has 2 aromatic carbocycles. The molecule has 0 atom stereocenters. The number of aromatic hydroxyl groups is 2. The van der Waals surface area contributed by atoms with Gasteiger partial charge in [0.05, 0.1) is 11.1 Å². The number of hydrazine groups is 1. The van der Waals surface area contributed by atoms with Crippen LogP contribution >= 0.6 is 0 Å². The number of carbonyl (C=O) groups is 9. The summed E-state index contributed by atoms with van der Waals surface area (Å²) < 4.78 is 0. The summed E-state index contributed by atoms with van der Waals surface area (Å²) in [6.45, 7) is 5.95. The maximum atomic E-state index is 13.2. The number of phenols is 2. The molecule has 0 aliphatic rings. The molecule has 9 amide bonds. The van der Waals surface area contributed by atoms with Crippen molar-refractivity contribution in [2.24, 2.45) is 5.41 Å². The van der Waals surface area contributed by atoms with Crippen LogP contribution < -0.4 is 43.1 Å². The fraction of sp³-hybridized carbons (Fsp3) is 0.488. The van der Waals surface area contributed by atoms with Gasteiger partial charge in [-0.1, -0.05) is 32.9 Å². The van der Waals surface area contributed by atoms with E-state index < -0.39 is 17.7 Å². The molecule has 22 nitrogen and oxygen atoms in total. The Labute approximate surface area is 364 Å². The van der Waals surface area contributed by atoms with E-state index in [1.54, 1.807) is 0 Å². The lowest BCUT2D eigenvalue weighted by atomic mass is 9.92. The Morgan fingerprint density at radius 1 is 0.524 bits per heavy atom. The topological polar surface area (TPSA) is 334 Å². The maximum absolute atomic E-state index is 13.2. The van der Waals surface area contributed by atoms with Crippen LogP contribution in [0.1, 0.15) is 117 Å². The predicted octanol–water partition coefficient (Wildman–Crippen LogP) is 0.424. The molecule has 0 aliphatic heterocycles. The molecule has 0 unspecified atom stereocenters. The summed E-state index contributed by atoms with van der Waals surface area (Å²) in [5, 5.41) is 48.1. The number of hydroxylamine groups is 2. The van der Waals surface area contributed by atoms with E-state index in [1.165, 1.54) is 52.3 Å². The Bertz CT molecular complexity index is 1830. The van der Waals surface area contributed by atoms with Gasteiger partial charge < -0.3 is 36.4 Å². The average molecular weight is 886 g/mol. The number of nitrogens with zero attached hydrogens (tertiary/aromatic N) is 1. The van der Waals surface area contributed by atoms with E-state index >= 15 is 0 Å². The first kappa shape index (κ1) is 52.3. The first-order valence-corrected chi connectivity index (χ1v) is 20.3. The highest BCUT2D eigenvalue weighted by Gasteiger charge is 2.19. The van der Waals surface area contributed by atoms with Crippen molar-refractivity contribution in [3.63, 3.8) is 0 Å². The molecule has 22 heteroatoms. The molecule has 346 valence electrons. The van der Waals surface area contributed by atoms with Gasteiger partial charge in [-0.05, 0) is 60.1 Å². The van der Waals surface area contributed by atoms with Gasteiger partial charge in [0.15, 0.2) is 0 Å². The van der Waals surface area contributed by atoms with Gasteiger partial charge in [-0.25, -0.2) is 11.0 Å². The minimum absolute atomic E-state index is 0.00476. The second-order valence-corrected chi connectivity index (χ2v) is 15.6. The molecule has 0 saturated heterocycles. The van der Waals surface area contributed by atoms with Gasteiger partial charge in [-0.15, -0.1) is 0 Å². The van der Waals surface area contributed by atoms with E-state index in [4.69, 9.17) is 10.4 Å². The van der Waals surface area contributed by atoms with E-state index in [0.29, 0.717) is 11.1 Å². The molecular formula is C41H59N9O13. The van der Waals surface area contributed by atoms with Crippen LogP contribution in [0.2, 0.25) is 0 Å². The third kappa shape index (κ3) is 21.5. The van der Waals surface area contributed by atoms with Crippen LogP contribution in [0.3, 0.4) is 0 Å². The van der Waals surface area contributed by atoms with Crippen LogP contribution in [0, 0.1) is 5.41 Å². The number of phenolic OH excluding ortho intramolecular Hbond substituents is 2. The van der Waals surface area contributed by atoms with Crippen LogP contribution in [-0.4, -0.2) is 105 Å². The van der Waals surface area contributed by atoms with Crippen LogP contribution in [0.5, 0.6) is 11.5 Å². The minimum Gasteiger partial charge on any atom is -0.507 e. The molecule has 2 aromatic rings. The average Bonchev–Trinajstić information content (AvgIpc) is 3.22. The van der Waals surface area contributed by atoms with Gasteiger partial charge in [0.25, 0.3) is 11.8 Å². The molecule has 0 radical (unpaired) electrons. The first-order chi connectivity index (χ1) is 29.8. The number of benzene rings is 2. The van der Waals surface area contributed by atoms with Crippen molar-refractivity contribution in [3.05, 3.63) is 58.7 Å². The summed E-state index contributed by atoms with van der Waals surface area (Å²) in [7, 11) is 0. The van der Waals surface area contributed by atoms with Crippen LogP contribution in [0.15, 0.2) is 36.4 Å². The third-order valence-electron chi connectivity index (χ3n) is 9.00. The molecule has 12 N–H and O–H groups in total. The Balaban J connectivity index is 1.81. The van der Waals surface area contributed by atoms with Gasteiger partial charge in [0.2, 0.25) is 41.4 Å². The minimum atomic E-state index is -0.892. The van der Waals surface area contributed by atoms with Gasteiger partial charge in [0.1, 0.15) is 11.5 Å². The summed E-state index contributed by atoms with van der Waals surface area (Å²) >= 11 is 0. The van der Waals surface area contributed by atoms with Gasteiger partial charge in [0, 0.05) is 84.2 Å². The van der Waals surface area contributed by atoms with E-state index in [0.717, 1.165) is 0 Å². The molecule has 0 heterocycles. The number of nitrogens with one attached hydrogen (secondary N) is 8. The fourth-order valence-electron chi connectivity index (χ4n) is 5.76. The van der Waals surface area contributed by atoms with E-state index in [1.807, 2.05) is 20.8 Å². The standard InChI is InChI=1S/C41H59N9O13/c1-41(2,3)23-37(58)47-46-36(57)11-6-12-38(59)50(19-17-42-32(53)7-4-9-34(55)44-24-26-13-15-28(30(51)21-26)39(60)48-62)20-18-43-33(54)8-5-10-35(56)45-25-27-14-16-29(31(52)22-27)40(61)49-63/h13-16,21-22,51-52,62-63H,4-12,17-20,23-25H2,1-3H3,(H,42,53)(H,43,54)(H,44,55)(H,45,56)(H,46,57)(H,47,58)(H,48,60)(H,49,61). The molecule has 0 bridgehead atoms. The summed E-state index contributed by atoms with van der Waals surface area (Å²) in [6, 6.07) is 8.09. The number of hydrogen-bond donors (Lipinski definition) is 12. The molecule has 0 aliphatic carbocycles. The van der Waals surface area contributed by atoms with Crippen LogP contribution in [-0.2, 0) is 46.7 Å². The largest absolute Gasteiger partial charge is 0.507 e. The monoisotopic (exact) mass is 885 g/mol. The van der Waals surface area contributed by atoms with E-state index in [2.05, 4.69) is 32.1 Å². The molecule has 0 saturated carbocycles.